The summed E-state index contributed by atoms with van der Waals surface area (Å²) in [7, 11) is 0. The number of carboxylic acid groups (broad SMARTS) is 1. The Morgan fingerprint density at radius 1 is 1.67 bits per heavy atom. The summed E-state index contributed by atoms with van der Waals surface area (Å²) in [5, 5.41) is 8.41. The molecule has 0 heterocycles. The number of aliphatic carboxylic acids is 1. The second-order valence-corrected chi connectivity index (χ2v) is 3.08. The van der Waals surface area contributed by atoms with Crippen LogP contribution in [0.2, 0.25) is 0 Å². The molecule has 2 nitrogen and oxygen atoms in total. The van der Waals surface area contributed by atoms with E-state index in [9.17, 15) is 4.79 Å². The third-order valence-corrected chi connectivity index (χ3v) is 2.08. The molecule has 1 N–H and O–H groups in total. The van der Waals surface area contributed by atoms with Crippen molar-refractivity contribution in [1.29, 1.82) is 0 Å². The van der Waals surface area contributed by atoms with E-state index in [4.69, 9.17) is 5.11 Å². The molecule has 0 aromatic rings. The van der Waals surface area contributed by atoms with Gasteiger partial charge in [0.15, 0.2) is 0 Å². The van der Waals surface area contributed by atoms with Gasteiger partial charge in [-0.2, -0.15) is 0 Å². The van der Waals surface area contributed by atoms with Crippen molar-refractivity contribution >= 4 is 5.97 Å². The van der Waals surface area contributed by atoms with Crippen LogP contribution in [0, 0.1) is 5.92 Å². The Balaban J connectivity index is 3.43. The minimum absolute atomic E-state index is 0.299. The number of allylic oxidation sites excluding steroid dienone is 1. The fraction of sp³-hybridized carbons (Fsp3) is 0.700. The van der Waals surface area contributed by atoms with Crippen molar-refractivity contribution in [2.75, 3.05) is 0 Å². The molecule has 70 valence electrons. The molecular weight excluding hydrogens is 152 g/mol. The van der Waals surface area contributed by atoms with E-state index in [1.54, 1.807) is 0 Å². The van der Waals surface area contributed by atoms with Gasteiger partial charge in [0.2, 0.25) is 0 Å². The lowest BCUT2D eigenvalue weighted by Crippen LogP contribution is -2.00. The molecule has 0 radical (unpaired) electrons. The van der Waals surface area contributed by atoms with E-state index in [2.05, 4.69) is 13.5 Å². The van der Waals surface area contributed by atoms with E-state index in [0.717, 1.165) is 25.7 Å². The molecule has 0 amide bonds. The number of hydrogen-bond donors (Lipinski definition) is 1. The van der Waals surface area contributed by atoms with E-state index in [0.29, 0.717) is 12.3 Å². The van der Waals surface area contributed by atoms with Gasteiger partial charge in [-0.05, 0) is 25.2 Å². The molecule has 0 rings (SSSR count). The van der Waals surface area contributed by atoms with Crippen molar-refractivity contribution in [3.05, 3.63) is 12.7 Å². The maximum absolute atomic E-state index is 10.2. The van der Waals surface area contributed by atoms with Gasteiger partial charge in [-0.25, -0.2) is 0 Å². The largest absolute Gasteiger partial charge is 0.481 e. The highest BCUT2D eigenvalue weighted by Gasteiger charge is 2.04. The summed E-state index contributed by atoms with van der Waals surface area (Å²) in [5.74, 6) is -0.0645. The van der Waals surface area contributed by atoms with E-state index < -0.39 is 5.97 Å². The lowest BCUT2D eigenvalue weighted by Gasteiger charge is -2.10. The van der Waals surface area contributed by atoms with Crippen LogP contribution in [0.15, 0.2) is 12.7 Å². The van der Waals surface area contributed by atoms with E-state index in [-0.39, 0.29) is 0 Å². The molecule has 0 aromatic heterocycles. The molecule has 0 fully saturated rings. The zero-order valence-corrected chi connectivity index (χ0v) is 7.75. The first-order valence-corrected chi connectivity index (χ1v) is 4.53. The van der Waals surface area contributed by atoms with Gasteiger partial charge in [-0.15, -0.1) is 6.58 Å². The van der Waals surface area contributed by atoms with Gasteiger partial charge in [0.05, 0.1) is 0 Å². The van der Waals surface area contributed by atoms with Crippen molar-refractivity contribution in [1.82, 2.24) is 0 Å². The summed E-state index contributed by atoms with van der Waals surface area (Å²) in [6, 6.07) is 0. The van der Waals surface area contributed by atoms with Gasteiger partial charge >= 0.3 is 5.97 Å². The number of hydrogen-bond acceptors (Lipinski definition) is 1. The van der Waals surface area contributed by atoms with Crippen LogP contribution in [0.25, 0.3) is 0 Å². The molecule has 0 aliphatic heterocycles. The first-order chi connectivity index (χ1) is 5.70. The van der Waals surface area contributed by atoms with Crippen LogP contribution in [-0.2, 0) is 4.79 Å². The topological polar surface area (TPSA) is 37.3 Å². The smallest absolute Gasteiger partial charge is 0.303 e. The average molecular weight is 170 g/mol. The second kappa shape index (κ2) is 6.89. The third kappa shape index (κ3) is 5.96. The molecule has 0 spiro atoms. The first-order valence-electron chi connectivity index (χ1n) is 4.53. The van der Waals surface area contributed by atoms with Crippen LogP contribution in [0.3, 0.4) is 0 Å². The van der Waals surface area contributed by atoms with Gasteiger partial charge in [-0.1, -0.05) is 19.4 Å². The summed E-state index contributed by atoms with van der Waals surface area (Å²) in [5.41, 5.74) is 0. The van der Waals surface area contributed by atoms with Gasteiger partial charge < -0.3 is 5.11 Å². The molecule has 2 heteroatoms. The summed E-state index contributed by atoms with van der Waals surface area (Å²) in [4.78, 5) is 10.2. The SMILES string of the molecule is C=CCC(CC)CCCC(=O)O. The highest BCUT2D eigenvalue weighted by Crippen LogP contribution is 2.16. The molecule has 0 aliphatic rings. The van der Waals surface area contributed by atoms with Crippen molar-refractivity contribution in [3.8, 4) is 0 Å². The Kier molecular flexibility index (Phi) is 6.44. The first kappa shape index (κ1) is 11.2. The van der Waals surface area contributed by atoms with E-state index >= 15 is 0 Å². The minimum Gasteiger partial charge on any atom is -0.481 e. The Hall–Kier alpha value is -0.790. The summed E-state index contributed by atoms with van der Waals surface area (Å²) < 4.78 is 0. The van der Waals surface area contributed by atoms with E-state index in [1.165, 1.54) is 0 Å². The Morgan fingerprint density at radius 3 is 2.75 bits per heavy atom. The monoisotopic (exact) mass is 170 g/mol. The lowest BCUT2D eigenvalue weighted by atomic mass is 9.96. The zero-order valence-electron chi connectivity index (χ0n) is 7.75. The summed E-state index contributed by atoms with van der Waals surface area (Å²) in [6.45, 7) is 5.81. The predicted molar refractivity (Wildman–Crippen MR) is 50.1 cm³/mol. The molecule has 0 saturated carbocycles. The van der Waals surface area contributed by atoms with Gasteiger partial charge in [0.25, 0.3) is 0 Å². The van der Waals surface area contributed by atoms with Crippen LogP contribution in [-0.4, -0.2) is 11.1 Å². The molecular formula is C10H18O2. The fourth-order valence-corrected chi connectivity index (χ4v) is 1.27. The average Bonchev–Trinajstić information content (AvgIpc) is 2.02. The predicted octanol–water partition coefficient (Wildman–Crippen LogP) is 2.84. The van der Waals surface area contributed by atoms with Crippen molar-refractivity contribution in [2.45, 2.75) is 39.0 Å². The van der Waals surface area contributed by atoms with Crippen LogP contribution in [0.5, 0.6) is 0 Å². The molecule has 0 saturated heterocycles. The van der Waals surface area contributed by atoms with Gasteiger partial charge in [0, 0.05) is 6.42 Å². The minimum atomic E-state index is -0.691. The highest BCUT2D eigenvalue weighted by molar-refractivity contribution is 5.66. The normalized spacial score (nSPS) is 12.4. The number of carbonyl (C=O) groups is 1. The Labute approximate surface area is 74.3 Å². The zero-order chi connectivity index (χ0) is 9.40. The van der Waals surface area contributed by atoms with Crippen LogP contribution in [0.1, 0.15) is 39.0 Å². The maximum Gasteiger partial charge on any atom is 0.303 e. The molecule has 0 aromatic carbocycles. The highest BCUT2D eigenvalue weighted by atomic mass is 16.4. The summed E-state index contributed by atoms with van der Waals surface area (Å²) in [6.07, 6.45) is 6.14. The van der Waals surface area contributed by atoms with Gasteiger partial charge in [0.1, 0.15) is 0 Å². The Morgan fingerprint density at radius 2 is 2.33 bits per heavy atom. The second-order valence-electron chi connectivity index (χ2n) is 3.08. The summed E-state index contributed by atoms with van der Waals surface area (Å²) >= 11 is 0. The fourth-order valence-electron chi connectivity index (χ4n) is 1.27. The molecule has 1 atom stereocenters. The molecule has 12 heavy (non-hydrogen) atoms. The Bertz CT molecular complexity index is 141. The lowest BCUT2D eigenvalue weighted by molar-refractivity contribution is -0.137. The molecule has 0 bridgehead atoms. The van der Waals surface area contributed by atoms with Crippen LogP contribution >= 0.6 is 0 Å². The molecule has 1 unspecified atom stereocenters. The van der Waals surface area contributed by atoms with Gasteiger partial charge in [-0.3, -0.25) is 4.79 Å². The van der Waals surface area contributed by atoms with Crippen molar-refractivity contribution in [2.24, 2.45) is 5.92 Å². The van der Waals surface area contributed by atoms with Crippen molar-refractivity contribution in [3.63, 3.8) is 0 Å². The van der Waals surface area contributed by atoms with Crippen LogP contribution in [0.4, 0.5) is 0 Å². The van der Waals surface area contributed by atoms with E-state index in [1.807, 2.05) is 6.08 Å². The standard InChI is InChI=1S/C10H18O2/c1-3-6-9(4-2)7-5-8-10(11)12/h3,9H,1,4-8H2,2H3,(H,11,12). The number of carboxylic acids is 1. The maximum atomic E-state index is 10.2. The number of rotatable bonds is 7. The van der Waals surface area contributed by atoms with Crippen LogP contribution < -0.4 is 0 Å². The van der Waals surface area contributed by atoms with Crippen molar-refractivity contribution < 1.29 is 9.90 Å². The third-order valence-electron chi connectivity index (χ3n) is 2.08. The molecule has 0 aliphatic carbocycles. The quantitative estimate of drug-likeness (QED) is 0.596.